The summed E-state index contributed by atoms with van der Waals surface area (Å²) in [5.41, 5.74) is 0.684. The van der Waals surface area contributed by atoms with Crippen molar-refractivity contribution < 1.29 is 13.5 Å². The molecule has 2 nitrogen and oxygen atoms in total. The lowest BCUT2D eigenvalue weighted by molar-refractivity contribution is 0.190. The Kier molecular flexibility index (Phi) is 3.85. The zero-order chi connectivity index (χ0) is 11.4. The Morgan fingerprint density at radius 3 is 2.62 bits per heavy atom. The van der Waals surface area contributed by atoms with Crippen LogP contribution < -0.4 is 5.32 Å². The Labute approximate surface area is 93.6 Å². The van der Waals surface area contributed by atoms with E-state index in [9.17, 15) is 8.78 Å². The van der Waals surface area contributed by atoms with E-state index in [0.29, 0.717) is 18.0 Å². The van der Waals surface area contributed by atoms with Gasteiger partial charge in [0.15, 0.2) is 0 Å². The van der Waals surface area contributed by atoms with Gasteiger partial charge >= 0.3 is 0 Å². The summed E-state index contributed by atoms with van der Waals surface area (Å²) in [6.07, 6.45) is 1.64. The van der Waals surface area contributed by atoms with Crippen LogP contribution in [0.5, 0.6) is 0 Å². The van der Waals surface area contributed by atoms with Crippen molar-refractivity contribution in [3.8, 4) is 0 Å². The van der Waals surface area contributed by atoms with Gasteiger partial charge in [0, 0.05) is 18.7 Å². The Hall–Kier alpha value is -1.00. The highest BCUT2D eigenvalue weighted by Gasteiger charge is 2.14. The van der Waals surface area contributed by atoms with Crippen LogP contribution in [0.25, 0.3) is 0 Å². The normalized spacial score (nSPS) is 20.2. The third kappa shape index (κ3) is 3.25. The van der Waals surface area contributed by atoms with Gasteiger partial charge in [0.2, 0.25) is 0 Å². The lowest BCUT2D eigenvalue weighted by Crippen LogP contribution is -2.30. The van der Waals surface area contributed by atoms with Crippen molar-refractivity contribution in [2.45, 2.75) is 18.9 Å². The molecule has 0 aromatic heterocycles. The second-order valence-corrected chi connectivity index (χ2v) is 4.04. The fraction of sp³-hybridized carbons (Fsp3) is 0.500. The van der Waals surface area contributed by atoms with Gasteiger partial charge in [-0.15, -0.1) is 0 Å². The van der Waals surface area contributed by atoms with Crippen molar-refractivity contribution >= 4 is 0 Å². The first-order valence-electron chi connectivity index (χ1n) is 5.50. The van der Waals surface area contributed by atoms with Crippen molar-refractivity contribution in [3.05, 3.63) is 35.4 Å². The third-order valence-corrected chi connectivity index (χ3v) is 2.70. The number of hydrogen-bond acceptors (Lipinski definition) is 2. The van der Waals surface area contributed by atoms with Crippen molar-refractivity contribution in [3.63, 3.8) is 0 Å². The van der Waals surface area contributed by atoms with Crippen LogP contribution in [0.3, 0.4) is 0 Å². The molecular weight excluding hydrogens is 212 g/mol. The van der Waals surface area contributed by atoms with Gasteiger partial charge in [0.05, 0.1) is 6.61 Å². The standard InChI is InChI=1S/C12H15F2NO/c13-10-5-9(6-11(14)7-10)1-3-15-12-2-4-16-8-12/h5-7,12,15H,1-4,8H2. The number of rotatable bonds is 4. The molecule has 88 valence electrons. The molecular formula is C12H15F2NO. The molecule has 16 heavy (non-hydrogen) atoms. The molecule has 0 aliphatic carbocycles. The lowest BCUT2D eigenvalue weighted by atomic mass is 10.1. The average molecular weight is 227 g/mol. The van der Waals surface area contributed by atoms with Crippen molar-refractivity contribution in [2.75, 3.05) is 19.8 Å². The molecule has 0 bridgehead atoms. The van der Waals surface area contributed by atoms with E-state index in [0.717, 1.165) is 32.2 Å². The van der Waals surface area contributed by atoms with Gasteiger partial charge in [-0.25, -0.2) is 8.78 Å². The Bertz CT molecular complexity index is 331. The molecule has 1 fully saturated rings. The van der Waals surface area contributed by atoms with Crippen LogP contribution in [0, 0.1) is 11.6 Å². The van der Waals surface area contributed by atoms with E-state index in [1.54, 1.807) is 0 Å². The van der Waals surface area contributed by atoms with E-state index in [1.807, 2.05) is 0 Å². The number of ether oxygens (including phenoxy) is 1. The van der Waals surface area contributed by atoms with Crippen LogP contribution >= 0.6 is 0 Å². The molecule has 1 aromatic carbocycles. The summed E-state index contributed by atoms with van der Waals surface area (Å²) in [6.45, 7) is 2.25. The van der Waals surface area contributed by atoms with E-state index < -0.39 is 11.6 Å². The minimum atomic E-state index is -0.515. The maximum atomic E-state index is 12.9. The van der Waals surface area contributed by atoms with Crippen LogP contribution in [0.1, 0.15) is 12.0 Å². The van der Waals surface area contributed by atoms with Crippen LogP contribution in [-0.4, -0.2) is 25.8 Å². The predicted octanol–water partition coefficient (Wildman–Crippen LogP) is 1.89. The summed E-state index contributed by atoms with van der Waals surface area (Å²) < 4.78 is 31.0. The summed E-state index contributed by atoms with van der Waals surface area (Å²) in [6, 6.07) is 4.02. The zero-order valence-electron chi connectivity index (χ0n) is 9.01. The second-order valence-electron chi connectivity index (χ2n) is 4.04. The predicted molar refractivity (Wildman–Crippen MR) is 57.3 cm³/mol. The van der Waals surface area contributed by atoms with Gasteiger partial charge in [0.1, 0.15) is 11.6 Å². The summed E-state index contributed by atoms with van der Waals surface area (Å²) in [5, 5.41) is 3.30. The van der Waals surface area contributed by atoms with Crippen LogP contribution in [0.15, 0.2) is 18.2 Å². The molecule has 0 radical (unpaired) electrons. The maximum absolute atomic E-state index is 12.9. The van der Waals surface area contributed by atoms with Crippen molar-refractivity contribution in [2.24, 2.45) is 0 Å². The van der Waals surface area contributed by atoms with E-state index >= 15 is 0 Å². The average Bonchev–Trinajstić information content (AvgIpc) is 2.69. The molecule has 0 spiro atoms. The van der Waals surface area contributed by atoms with Gasteiger partial charge in [0.25, 0.3) is 0 Å². The molecule has 1 N–H and O–H groups in total. The largest absolute Gasteiger partial charge is 0.380 e. The summed E-state index contributed by atoms with van der Waals surface area (Å²) >= 11 is 0. The fourth-order valence-corrected chi connectivity index (χ4v) is 1.87. The quantitative estimate of drug-likeness (QED) is 0.848. The number of nitrogens with one attached hydrogen (secondary N) is 1. The molecule has 1 aliphatic heterocycles. The van der Waals surface area contributed by atoms with E-state index in [4.69, 9.17) is 4.74 Å². The summed E-state index contributed by atoms with van der Waals surface area (Å²) in [5.74, 6) is -1.03. The lowest BCUT2D eigenvalue weighted by Gasteiger charge is -2.10. The van der Waals surface area contributed by atoms with Crippen molar-refractivity contribution in [1.82, 2.24) is 5.32 Å². The first-order valence-corrected chi connectivity index (χ1v) is 5.50. The van der Waals surface area contributed by atoms with Crippen LogP contribution in [0.4, 0.5) is 8.78 Å². The van der Waals surface area contributed by atoms with E-state index in [2.05, 4.69) is 5.32 Å². The molecule has 1 aliphatic rings. The number of benzene rings is 1. The molecule has 1 unspecified atom stereocenters. The highest BCUT2D eigenvalue weighted by atomic mass is 19.1. The van der Waals surface area contributed by atoms with Gasteiger partial charge in [-0.2, -0.15) is 0 Å². The highest BCUT2D eigenvalue weighted by Crippen LogP contribution is 2.09. The van der Waals surface area contributed by atoms with Crippen LogP contribution in [-0.2, 0) is 11.2 Å². The van der Waals surface area contributed by atoms with E-state index in [-0.39, 0.29) is 0 Å². The fourth-order valence-electron chi connectivity index (χ4n) is 1.87. The molecule has 1 heterocycles. The Balaban J connectivity index is 1.80. The van der Waals surface area contributed by atoms with Crippen molar-refractivity contribution in [1.29, 1.82) is 0 Å². The summed E-state index contributed by atoms with van der Waals surface area (Å²) in [7, 11) is 0. The highest BCUT2D eigenvalue weighted by molar-refractivity contribution is 5.18. The molecule has 1 aromatic rings. The van der Waals surface area contributed by atoms with Gasteiger partial charge in [-0.05, 0) is 37.1 Å². The number of hydrogen-bond donors (Lipinski definition) is 1. The topological polar surface area (TPSA) is 21.3 Å². The molecule has 2 rings (SSSR count). The minimum absolute atomic E-state index is 0.387. The smallest absolute Gasteiger partial charge is 0.126 e. The molecule has 0 saturated carbocycles. The Morgan fingerprint density at radius 2 is 2.00 bits per heavy atom. The third-order valence-electron chi connectivity index (χ3n) is 2.70. The molecule has 1 atom stereocenters. The molecule has 4 heteroatoms. The van der Waals surface area contributed by atoms with Gasteiger partial charge < -0.3 is 10.1 Å². The molecule has 1 saturated heterocycles. The molecule has 0 amide bonds. The van der Waals surface area contributed by atoms with Gasteiger partial charge in [-0.1, -0.05) is 0 Å². The number of halogens is 2. The Morgan fingerprint density at radius 1 is 1.25 bits per heavy atom. The van der Waals surface area contributed by atoms with E-state index in [1.165, 1.54) is 12.1 Å². The second kappa shape index (κ2) is 5.37. The SMILES string of the molecule is Fc1cc(F)cc(CCNC2CCOC2)c1. The zero-order valence-corrected chi connectivity index (χ0v) is 9.01. The maximum Gasteiger partial charge on any atom is 0.126 e. The van der Waals surface area contributed by atoms with Crippen LogP contribution in [0.2, 0.25) is 0 Å². The van der Waals surface area contributed by atoms with Gasteiger partial charge in [-0.3, -0.25) is 0 Å². The first-order chi connectivity index (χ1) is 7.74. The first kappa shape index (κ1) is 11.5. The minimum Gasteiger partial charge on any atom is -0.380 e. The monoisotopic (exact) mass is 227 g/mol. The summed E-state index contributed by atoms with van der Waals surface area (Å²) in [4.78, 5) is 0.